The number of aromatic nitrogens is 1. The summed E-state index contributed by atoms with van der Waals surface area (Å²) in [5.74, 6) is 0.360. The van der Waals surface area contributed by atoms with E-state index in [0.717, 1.165) is 11.3 Å². The van der Waals surface area contributed by atoms with Gasteiger partial charge in [0, 0.05) is 12.6 Å². The van der Waals surface area contributed by atoms with Crippen LogP contribution in [-0.2, 0) is 4.79 Å². The molecule has 0 bridgehead atoms. The number of hydrogen-bond donors (Lipinski definition) is 2. The van der Waals surface area contributed by atoms with Crippen LogP contribution in [-0.4, -0.2) is 17.4 Å². The van der Waals surface area contributed by atoms with Gasteiger partial charge in [-0.15, -0.1) is 0 Å². The third kappa shape index (κ3) is 3.36. The van der Waals surface area contributed by atoms with Gasteiger partial charge in [-0.25, -0.2) is 4.98 Å². The van der Waals surface area contributed by atoms with Crippen molar-refractivity contribution in [1.29, 1.82) is 5.26 Å². The van der Waals surface area contributed by atoms with Crippen LogP contribution in [0.2, 0.25) is 0 Å². The first kappa shape index (κ1) is 13.6. The standard InChI is InChI=1S/C14H14N4O2/c1-9-3-5-11(6-4-9)18-13(19)8-16-14-12(7-15)17-10(2)20-14/h3-6,16H,8H2,1-2H3,(H,18,19). The van der Waals surface area contributed by atoms with Crippen LogP contribution in [0.1, 0.15) is 17.1 Å². The predicted molar refractivity (Wildman–Crippen MR) is 74.3 cm³/mol. The maximum Gasteiger partial charge on any atom is 0.243 e. The second-order valence-corrected chi connectivity index (χ2v) is 4.29. The van der Waals surface area contributed by atoms with E-state index in [0.29, 0.717) is 5.89 Å². The van der Waals surface area contributed by atoms with Crippen LogP contribution in [0, 0.1) is 25.2 Å². The van der Waals surface area contributed by atoms with Crippen molar-refractivity contribution in [3.8, 4) is 6.07 Å². The van der Waals surface area contributed by atoms with Gasteiger partial charge in [0.05, 0.1) is 6.54 Å². The van der Waals surface area contributed by atoms with Gasteiger partial charge in [-0.3, -0.25) is 4.79 Å². The largest absolute Gasteiger partial charge is 0.424 e. The number of benzene rings is 1. The monoisotopic (exact) mass is 270 g/mol. The van der Waals surface area contributed by atoms with Crippen molar-refractivity contribution in [3.05, 3.63) is 41.4 Å². The number of oxazole rings is 1. The van der Waals surface area contributed by atoms with Gasteiger partial charge in [-0.2, -0.15) is 5.26 Å². The minimum atomic E-state index is -0.230. The van der Waals surface area contributed by atoms with Crippen LogP contribution in [0.25, 0.3) is 0 Å². The molecule has 1 amide bonds. The van der Waals surface area contributed by atoms with E-state index in [9.17, 15) is 4.79 Å². The highest BCUT2D eigenvalue weighted by molar-refractivity contribution is 5.93. The van der Waals surface area contributed by atoms with Gasteiger partial charge in [-0.1, -0.05) is 17.7 Å². The van der Waals surface area contributed by atoms with Crippen LogP contribution < -0.4 is 10.6 Å². The molecule has 2 rings (SSSR count). The molecule has 0 aliphatic carbocycles. The number of aryl methyl sites for hydroxylation is 2. The number of amides is 1. The number of anilines is 2. The average molecular weight is 270 g/mol. The first-order valence-electron chi connectivity index (χ1n) is 6.06. The van der Waals surface area contributed by atoms with Gasteiger partial charge < -0.3 is 15.1 Å². The number of hydrogen-bond acceptors (Lipinski definition) is 5. The quantitative estimate of drug-likeness (QED) is 0.888. The van der Waals surface area contributed by atoms with E-state index >= 15 is 0 Å². The molecule has 0 spiro atoms. The molecule has 1 aromatic carbocycles. The Morgan fingerprint density at radius 3 is 2.70 bits per heavy atom. The molecule has 0 fully saturated rings. The minimum Gasteiger partial charge on any atom is -0.424 e. The van der Waals surface area contributed by atoms with Crippen molar-refractivity contribution in [2.24, 2.45) is 0 Å². The Hall–Kier alpha value is -2.81. The smallest absolute Gasteiger partial charge is 0.243 e. The summed E-state index contributed by atoms with van der Waals surface area (Å²) in [4.78, 5) is 15.6. The normalized spacial score (nSPS) is 9.85. The lowest BCUT2D eigenvalue weighted by Crippen LogP contribution is -2.21. The first-order chi connectivity index (χ1) is 9.58. The van der Waals surface area contributed by atoms with Crippen LogP contribution in [0.5, 0.6) is 0 Å². The first-order valence-corrected chi connectivity index (χ1v) is 6.06. The minimum absolute atomic E-state index is 0.00279. The van der Waals surface area contributed by atoms with Crippen molar-refractivity contribution in [1.82, 2.24) is 4.98 Å². The summed E-state index contributed by atoms with van der Waals surface area (Å²) in [6, 6.07) is 9.38. The molecule has 6 nitrogen and oxygen atoms in total. The molecule has 6 heteroatoms. The summed E-state index contributed by atoms with van der Waals surface area (Å²) in [7, 11) is 0. The molecule has 102 valence electrons. The summed E-state index contributed by atoms with van der Waals surface area (Å²) < 4.78 is 5.20. The number of carbonyl (C=O) groups is 1. The molecule has 2 N–H and O–H groups in total. The van der Waals surface area contributed by atoms with Crippen molar-refractivity contribution in [2.45, 2.75) is 13.8 Å². The molecular weight excluding hydrogens is 256 g/mol. The summed E-state index contributed by atoms with van der Waals surface area (Å²) in [5.41, 5.74) is 1.99. The van der Waals surface area contributed by atoms with Gasteiger partial charge in [0.2, 0.25) is 17.5 Å². The maximum atomic E-state index is 11.8. The fourth-order valence-electron chi connectivity index (χ4n) is 1.63. The number of nitriles is 1. The zero-order valence-corrected chi connectivity index (χ0v) is 11.2. The van der Waals surface area contributed by atoms with Gasteiger partial charge in [-0.05, 0) is 19.1 Å². The zero-order valence-electron chi connectivity index (χ0n) is 11.2. The summed E-state index contributed by atoms with van der Waals surface area (Å²) in [6.45, 7) is 3.61. The number of carbonyl (C=O) groups excluding carboxylic acids is 1. The highest BCUT2D eigenvalue weighted by Crippen LogP contribution is 2.15. The summed E-state index contributed by atoms with van der Waals surface area (Å²) >= 11 is 0. The third-order valence-electron chi connectivity index (χ3n) is 2.58. The van der Waals surface area contributed by atoms with Crippen LogP contribution >= 0.6 is 0 Å². The summed E-state index contributed by atoms with van der Waals surface area (Å²) in [6.07, 6.45) is 0. The van der Waals surface area contributed by atoms with E-state index < -0.39 is 0 Å². The van der Waals surface area contributed by atoms with E-state index in [1.807, 2.05) is 37.3 Å². The highest BCUT2D eigenvalue weighted by atomic mass is 16.4. The van der Waals surface area contributed by atoms with Crippen LogP contribution in [0.4, 0.5) is 11.6 Å². The molecule has 2 aromatic rings. The number of nitrogens with zero attached hydrogens (tertiary/aromatic N) is 2. The SMILES string of the molecule is Cc1ccc(NC(=O)CNc2oc(C)nc2C#N)cc1. The van der Waals surface area contributed by atoms with E-state index in [-0.39, 0.29) is 24.0 Å². The number of rotatable bonds is 4. The van der Waals surface area contributed by atoms with Crippen LogP contribution in [0.3, 0.4) is 0 Å². The maximum absolute atomic E-state index is 11.8. The molecular formula is C14H14N4O2. The Bertz CT molecular complexity index is 653. The van der Waals surface area contributed by atoms with E-state index in [1.54, 1.807) is 6.92 Å². The molecule has 0 aliphatic rings. The molecule has 1 aromatic heterocycles. The molecule has 0 saturated heterocycles. The lowest BCUT2D eigenvalue weighted by atomic mass is 10.2. The van der Waals surface area contributed by atoms with Gasteiger partial charge in [0.25, 0.3) is 0 Å². The van der Waals surface area contributed by atoms with Crippen LogP contribution in [0.15, 0.2) is 28.7 Å². The molecule has 1 heterocycles. The Kier molecular flexibility index (Phi) is 4.01. The Morgan fingerprint density at radius 1 is 1.35 bits per heavy atom. The lowest BCUT2D eigenvalue weighted by molar-refractivity contribution is -0.114. The Labute approximate surface area is 116 Å². The second-order valence-electron chi connectivity index (χ2n) is 4.29. The molecule has 20 heavy (non-hydrogen) atoms. The number of nitrogens with one attached hydrogen (secondary N) is 2. The molecule has 0 aliphatic heterocycles. The lowest BCUT2D eigenvalue weighted by Gasteiger charge is -2.06. The van der Waals surface area contributed by atoms with E-state index in [4.69, 9.17) is 9.68 Å². The second kappa shape index (κ2) is 5.89. The topological polar surface area (TPSA) is 90.9 Å². The van der Waals surface area contributed by atoms with Crippen molar-refractivity contribution in [3.63, 3.8) is 0 Å². The molecule has 0 unspecified atom stereocenters. The van der Waals surface area contributed by atoms with Gasteiger partial charge in [0.1, 0.15) is 6.07 Å². The Morgan fingerprint density at radius 2 is 2.05 bits per heavy atom. The Balaban J connectivity index is 1.92. The van der Waals surface area contributed by atoms with E-state index in [1.165, 1.54) is 0 Å². The molecule has 0 saturated carbocycles. The fourth-order valence-corrected chi connectivity index (χ4v) is 1.63. The predicted octanol–water partition coefficient (Wildman–Crippen LogP) is 2.21. The van der Waals surface area contributed by atoms with Gasteiger partial charge >= 0.3 is 0 Å². The zero-order chi connectivity index (χ0) is 14.5. The molecule has 0 radical (unpaired) electrons. The van der Waals surface area contributed by atoms with E-state index in [2.05, 4.69) is 15.6 Å². The van der Waals surface area contributed by atoms with Crippen molar-refractivity contribution >= 4 is 17.5 Å². The average Bonchev–Trinajstić information content (AvgIpc) is 2.79. The van der Waals surface area contributed by atoms with Crippen molar-refractivity contribution in [2.75, 3.05) is 17.2 Å². The highest BCUT2D eigenvalue weighted by Gasteiger charge is 2.11. The van der Waals surface area contributed by atoms with Gasteiger partial charge in [0.15, 0.2) is 5.89 Å². The summed E-state index contributed by atoms with van der Waals surface area (Å²) in [5, 5.41) is 14.3. The third-order valence-corrected chi connectivity index (χ3v) is 2.58. The molecule has 0 atom stereocenters. The van der Waals surface area contributed by atoms with Crippen molar-refractivity contribution < 1.29 is 9.21 Å². The fraction of sp³-hybridized carbons (Fsp3) is 0.214.